The van der Waals surface area contributed by atoms with Gasteiger partial charge in [-0.1, -0.05) is 29.3 Å². The second kappa shape index (κ2) is 7.11. The van der Waals surface area contributed by atoms with Gasteiger partial charge in [0, 0.05) is 41.9 Å². The fourth-order valence-electron chi connectivity index (χ4n) is 2.14. The van der Waals surface area contributed by atoms with Crippen molar-refractivity contribution in [2.45, 2.75) is 18.9 Å². The molecule has 108 valence electrons. The Labute approximate surface area is 129 Å². The smallest absolute Gasteiger partial charge is 0.246 e. The zero-order valence-corrected chi connectivity index (χ0v) is 12.8. The number of halogens is 2. The Morgan fingerprint density at radius 3 is 2.75 bits per heavy atom. The largest absolute Gasteiger partial charge is 0.376 e. The van der Waals surface area contributed by atoms with Crippen molar-refractivity contribution >= 4 is 35.2 Å². The quantitative estimate of drug-likeness (QED) is 0.794. The van der Waals surface area contributed by atoms with Crippen LogP contribution in [0.1, 0.15) is 18.4 Å². The first-order valence-electron chi connectivity index (χ1n) is 6.56. The number of carbonyl (C=O) groups is 1. The lowest BCUT2D eigenvalue weighted by Gasteiger charge is -2.19. The van der Waals surface area contributed by atoms with Crippen molar-refractivity contribution < 1.29 is 9.53 Å². The van der Waals surface area contributed by atoms with Crippen molar-refractivity contribution in [2.24, 2.45) is 0 Å². The van der Waals surface area contributed by atoms with Gasteiger partial charge in [0.2, 0.25) is 5.91 Å². The van der Waals surface area contributed by atoms with E-state index in [1.54, 1.807) is 36.2 Å². The van der Waals surface area contributed by atoms with Gasteiger partial charge in [-0.15, -0.1) is 0 Å². The molecule has 0 unspecified atom stereocenters. The van der Waals surface area contributed by atoms with Crippen molar-refractivity contribution in [2.75, 3.05) is 20.2 Å². The van der Waals surface area contributed by atoms with Gasteiger partial charge in [-0.05, 0) is 31.1 Å². The summed E-state index contributed by atoms with van der Waals surface area (Å²) < 4.78 is 5.51. The maximum absolute atomic E-state index is 12.0. The summed E-state index contributed by atoms with van der Waals surface area (Å²) in [6.07, 6.45) is 5.37. The average Bonchev–Trinajstić information content (AvgIpc) is 2.90. The first-order chi connectivity index (χ1) is 9.58. The van der Waals surface area contributed by atoms with E-state index < -0.39 is 0 Å². The molecule has 0 aliphatic carbocycles. The highest BCUT2D eigenvalue weighted by Crippen LogP contribution is 2.25. The number of likely N-dealkylation sites (N-methyl/N-ethyl adjacent to an activating group) is 1. The van der Waals surface area contributed by atoms with Gasteiger partial charge in [-0.2, -0.15) is 0 Å². The molecule has 1 aliphatic rings. The van der Waals surface area contributed by atoms with E-state index >= 15 is 0 Å². The Morgan fingerprint density at radius 1 is 1.45 bits per heavy atom. The molecule has 1 heterocycles. The molecule has 1 fully saturated rings. The van der Waals surface area contributed by atoms with Crippen LogP contribution in [0, 0.1) is 0 Å². The molecular formula is C15H17Cl2NO2. The van der Waals surface area contributed by atoms with Crippen LogP contribution < -0.4 is 0 Å². The van der Waals surface area contributed by atoms with Crippen LogP contribution in [0.3, 0.4) is 0 Å². The molecular weight excluding hydrogens is 297 g/mol. The third-order valence-corrected chi connectivity index (χ3v) is 3.93. The maximum atomic E-state index is 12.0. The minimum absolute atomic E-state index is 0.0866. The van der Waals surface area contributed by atoms with Gasteiger partial charge < -0.3 is 9.64 Å². The second-order valence-corrected chi connectivity index (χ2v) is 5.64. The van der Waals surface area contributed by atoms with Crippen molar-refractivity contribution in [1.82, 2.24) is 4.90 Å². The predicted octanol–water partition coefficient (Wildman–Crippen LogP) is 3.64. The molecule has 1 atom stereocenters. The molecule has 1 aromatic rings. The minimum Gasteiger partial charge on any atom is -0.376 e. The first kappa shape index (κ1) is 15.4. The predicted molar refractivity (Wildman–Crippen MR) is 82.1 cm³/mol. The summed E-state index contributed by atoms with van der Waals surface area (Å²) in [5.74, 6) is -0.0866. The lowest BCUT2D eigenvalue weighted by molar-refractivity contribution is -0.126. The Bertz CT molecular complexity index is 490. The van der Waals surface area contributed by atoms with E-state index in [9.17, 15) is 4.79 Å². The molecule has 1 aromatic carbocycles. The van der Waals surface area contributed by atoms with Gasteiger partial charge in [-0.25, -0.2) is 0 Å². The monoisotopic (exact) mass is 313 g/mol. The maximum Gasteiger partial charge on any atom is 0.246 e. The Kier molecular flexibility index (Phi) is 5.46. The number of hydrogen-bond acceptors (Lipinski definition) is 2. The van der Waals surface area contributed by atoms with Crippen LogP contribution in [-0.4, -0.2) is 37.1 Å². The summed E-state index contributed by atoms with van der Waals surface area (Å²) in [7, 11) is 1.77. The normalized spacial score (nSPS) is 18.6. The molecule has 1 amide bonds. The van der Waals surface area contributed by atoms with Crippen LogP contribution in [0.5, 0.6) is 0 Å². The third kappa shape index (κ3) is 3.98. The molecule has 0 saturated carbocycles. The van der Waals surface area contributed by atoms with Crippen molar-refractivity contribution in [3.05, 3.63) is 39.9 Å². The average molecular weight is 314 g/mol. The number of carbonyl (C=O) groups excluding carboxylic acids is 1. The van der Waals surface area contributed by atoms with E-state index in [2.05, 4.69) is 0 Å². The number of nitrogens with zero attached hydrogens (tertiary/aromatic N) is 1. The molecule has 20 heavy (non-hydrogen) atoms. The van der Waals surface area contributed by atoms with Gasteiger partial charge in [0.25, 0.3) is 0 Å². The standard InChI is InChI=1S/C15H17Cl2NO2/c1-18(10-11-4-3-9-20-11)15(19)8-7-12-13(16)5-2-6-14(12)17/h2,5-8,11H,3-4,9-10H2,1H3/b8-7-/t11-/m0/s1. The Morgan fingerprint density at radius 2 is 2.15 bits per heavy atom. The summed E-state index contributed by atoms with van der Waals surface area (Å²) in [6.45, 7) is 1.40. The summed E-state index contributed by atoms with van der Waals surface area (Å²) in [5.41, 5.74) is 0.662. The molecule has 3 nitrogen and oxygen atoms in total. The molecule has 2 rings (SSSR count). The van der Waals surface area contributed by atoms with E-state index in [-0.39, 0.29) is 12.0 Å². The van der Waals surface area contributed by atoms with Gasteiger partial charge in [0.1, 0.15) is 0 Å². The lowest BCUT2D eigenvalue weighted by Crippen LogP contribution is -2.32. The highest BCUT2D eigenvalue weighted by Gasteiger charge is 2.18. The molecule has 5 heteroatoms. The summed E-state index contributed by atoms with van der Waals surface area (Å²) in [6, 6.07) is 5.26. The first-order valence-corrected chi connectivity index (χ1v) is 7.32. The molecule has 0 bridgehead atoms. The number of rotatable bonds is 4. The van der Waals surface area contributed by atoms with E-state index in [0.29, 0.717) is 22.2 Å². The Hall–Kier alpha value is -1.03. The summed E-state index contributed by atoms with van der Waals surface area (Å²) >= 11 is 12.1. The highest BCUT2D eigenvalue weighted by molar-refractivity contribution is 6.37. The fourth-order valence-corrected chi connectivity index (χ4v) is 2.66. The Balaban J connectivity index is 1.97. The highest BCUT2D eigenvalue weighted by atomic mass is 35.5. The van der Waals surface area contributed by atoms with E-state index in [1.807, 2.05) is 0 Å². The van der Waals surface area contributed by atoms with Crippen LogP contribution in [0.4, 0.5) is 0 Å². The number of hydrogen-bond donors (Lipinski definition) is 0. The van der Waals surface area contributed by atoms with Crippen LogP contribution in [0.25, 0.3) is 6.08 Å². The fraction of sp³-hybridized carbons (Fsp3) is 0.400. The second-order valence-electron chi connectivity index (χ2n) is 4.82. The molecule has 0 radical (unpaired) electrons. The molecule has 1 saturated heterocycles. The minimum atomic E-state index is -0.0866. The molecule has 0 N–H and O–H groups in total. The van der Waals surface area contributed by atoms with Gasteiger partial charge in [0.15, 0.2) is 0 Å². The van der Waals surface area contributed by atoms with E-state index in [0.717, 1.165) is 19.4 Å². The van der Waals surface area contributed by atoms with E-state index in [1.165, 1.54) is 6.08 Å². The number of ether oxygens (including phenoxy) is 1. The zero-order chi connectivity index (χ0) is 14.5. The molecule has 1 aliphatic heterocycles. The van der Waals surface area contributed by atoms with Gasteiger partial charge in [0.05, 0.1) is 6.10 Å². The zero-order valence-electron chi connectivity index (χ0n) is 11.3. The van der Waals surface area contributed by atoms with Crippen LogP contribution in [-0.2, 0) is 9.53 Å². The van der Waals surface area contributed by atoms with Crippen molar-refractivity contribution in [1.29, 1.82) is 0 Å². The van der Waals surface area contributed by atoms with Crippen molar-refractivity contribution in [3.63, 3.8) is 0 Å². The van der Waals surface area contributed by atoms with Gasteiger partial charge in [-0.3, -0.25) is 4.79 Å². The lowest BCUT2D eigenvalue weighted by atomic mass is 10.2. The number of benzene rings is 1. The summed E-state index contributed by atoms with van der Waals surface area (Å²) in [5, 5.41) is 1.06. The van der Waals surface area contributed by atoms with Crippen LogP contribution in [0.2, 0.25) is 10.0 Å². The van der Waals surface area contributed by atoms with Crippen molar-refractivity contribution in [3.8, 4) is 0 Å². The van der Waals surface area contributed by atoms with E-state index in [4.69, 9.17) is 27.9 Å². The van der Waals surface area contributed by atoms with Gasteiger partial charge >= 0.3 is 0 Å². The molecule has 0 spiro atoms. The third-order valence-electron chi connectivity index (χ3n) is 3.27. The summed E-state index contributed by atoms with van der Waals surface area (Å²) in [4.78, 5) is 13.7. The molecule has 0 aromatic heterocycles. The topological polar surface area (TPSA) is 29.5 Å². The SMILES string of the molecule is CN(C[C@@H]1CCCO1)C(=O)/C=C\c1c(Cl)cccc1Cl. The number of amides is 1. The van der Waals surface area contributed by atoms with Crippen LogP contribution >= 0.6 is 23.2 Å². The van der Waals surface area contributed by atoms with Crippen LogP contribution in [0.15, 0.2) is 24.3 Å².